The van der Waals surface area contributed by atoms with Crippen LogP contribution in [0.4, 0.5) is 0 Å². The van der Waals surface area contributed by atoms with Gasteiger partial charge in [-0.1, -0.05) is 18.2 Å². The molecule has 5 heteroatoms. The van der Waals surface area contributed by atoms with Crippen LogP contribution in [0.1, 0.15) is 16.2 Å². The van der Waals surface area contributed by atoms with Crippen molar-refractivity contribution in [3.05, 3.63) is 60.3 Å². The van der Waals surface area contributed by atoms with Crippen LogP contribution in [0.3, 0.4) is 0 Å². The van der Waals surface area contributed by atoms with E-state index in [9.17, 15) is 4.79 Å². The average Bonchev–Trinajstić information content (AvgIpc) is 3.09. The largest absolute Gasteiger partial charge is 0.331 e. The first-order valence-electron chi connectivity index (χ1n) is 5.87. The first kappa shape index (κ1) is 11.4. The molecule has 1 N–H and O–H groups in total. The van der Waals surface area contributed by atoms with E-state index in [1.807, 2.05) is 24.3 Å². The molecule has 0 aliphatic carbocycles. The van der Waals surface area contributed by atoms with Crippen molar-refractivity contribution in [2.75, 3.05) is 0 Å². The molecule has 1 aromatic carbocycles. The van der Waals surface area contributed by atoms with Crippen LogP contribution in [0.25, 0.3) is 11.3 Å². The van der Waals surface area contributed by atoms with Crippen molar-refractivity contribution in [1.29, 1.82) is 0 Å². The molecule has 0 bridgehead atoms. The van der Waals surface area contributed by atoms with E-state index < -0.39 is 0 Å². The van der Waals surface area contributed by atoms with E-state index in [4.69, 9.17) is 0 Å². The number of aromatic amines is 1. The third-order valence-electron chi connectivity index (χ3n) is 2.96. The van der Waals surface area contributed by atoms with E-state index in [0.717, 1.165) is 11.3 Å². The van der Waals surface area contributed by atoms with E-state index in [1.54, 1.807) is 36.3 Å². The van der Waals surface area contributed by atoms with Gasteiger partial charge in [0.05, 0.1) is 5.69 Å². The highest BCUT2D eigenvalue weighted by Crippen LogP contribution is 2.19. The smallest absolute Gasteiger partial charge is 0.228 e. The monoisotopic (exact) mass is 252 g/mol. The molecule has 0 spiro atoms. The summed E-state index contributed by atoms with van der Waals surface area (Å²) in [4.78, 5) is 16.4. The number of imidazole rings is 1. The maximum atomic E-state index is 12.3. The summed E-state index contributed by atoms with van der Waals surface area (Å²) in [5.41, 5.74) is 2.42. The van der Waals surface area contributed by atoms with E-state index in [0.29, 0.717) is 11.4 Å². The number of nitrogens with one attached hydrogen (secondary N) is 1. The predicted octanol–water partition coefficient (Wildman–Crippen LogP) is 2.04. The highest BCUT2D eigenvalue weighted by molar-refractivity contribution is 6.07. The maximum Gasteiger partial charge on any atom is 0.228 e. The minimum absolute atomic E-state index is 0.0890. The number of benzene rings is 1. The molecule has 0 saturated heterocycles. The first-order valence-corrected chi connectivity index (χ1v) is 5.87. The predicted molar refractivity (Wildman–Crippen MR) is 70.7 cm³/mol. The number of aryl methyl sites for hydroxylation is 1. The molecule has 5 nitrogen and oxygen atoms in total. The van der Waals surface area contributed by atoms with E-state index in [1.165, 1.54) is 0 Å². The molecule has 3 aromatic rings. The highest BCUT2D eigenvalue weighted by atomic mass is 16.1. The Kier molecular flexibility index (Phi) is 2.72. The second kappa shape index (κ2) is 4.53. The summed E-state index contributed by atoms with van der Waals surface area (Å²) in [5.74, 6) is 0.343. The summed E-state index contributed by atoms with van der Waals surface area (Å²) in [5, 5.41) is 6.79. The van der Waals surface area contributed by atoms with Crippen LogP contribution in [-0.4, -0.2) is 25.5 Å². The summed E-state index contributed by atoms with van der Waals surface area (Å²) in [7, 11) is 1.80. The standard InChI is InChI=1S/C14H12N4O/c1-18-8-7-15-14(18)13(19)11-4-2-3-10(9-11)12-5-6-16-17-12/h2-9H,1H3,(H,16,17). The van der Waals surface area contributed by atoms with Crippen molar-refractivity contribution in [2.45, 2.75) is 0 Å². The molecule has 19 heavy (non-hydrogen) atoms. The Morgan fingerprint density at radius 3 is 2.84 bits per heavy atom. The lowest BCUT2D eigenvalue weighted by Crippen LogP contribution is -2.08. The average molecular weight is 252 g/mol. The topological polar surface area (TPSA) is 63.6 Å². The molecule has 0 unspecified atom stereocenters. The van der Waals surface area contributed by atoms with Gasteiger partial charge in [-0.2, -0.15) is 5.10 Å². The maximum absolute atomic E-state index is 12.3. The Morgan fingerprint density at radius 2 is 2.16 bits per heavy atom. The summed E-state index contributed by atoms with van der Waals surface area (Å²) in [6.45, 7) is 0. The summed E-state index contributed by atoms with van der Waals surface area (Å²) in [6, 6.07) is 9.28. The second-order valence-corrected chi connectivity index (χ2v) is 4.24. The first-order chi connectivity index (χ1) is 9.25. The SMILES string of the molecule is Cn1ccnc1C(=O)c1cccc(-c2ccn[nH]2)c1. The molecule has 0 aliphatic heterocycles. The number of aromatic nitrogens is 4. The van der Waals surface area contributed by atoms with E-state index in [2.05, 4.69) is 15.2 Å². The second-order valence-electron chi connectivity index (χ2n) is 4.24. The number of hydrogen-bond acceptors (Lipinski definition) is 3. The van der Waals surface area contributed by atoms with Gasteiger partial charge in [0.2, 0.25) is 5.78 Å². The van der Waals surface area contributed by atoms with Crippen molar-refractivity contribution in [2.24, 2.45) is 7.05 Å². The van der Waals surface area contributed by atoms with Crippen LogP contribution >= 0.6 is 0 Å². The van der Waals surface area contributed by atoms with Crippen molar-refractivity contribution in [1.82, 2.24) is 19.7 Å². The van der Waals surface area contributed by atoms with Crippen molar-refractivity contribution < 1.29 is 4.79 Å². The Bertz CT molecular complexity index is 713. The van der Waals surface area contributed by atoms with E-state index in [-0.39, 0.29) is 5.78 Å². The fourth-order valence-corrected chi connectivity index (χ4v) is 1.96. The van der Waals surface area contributed by atoms with Crippen LogP contribution in [0.5, 0.6) is 0 Å². The van der Waals surface area contributed by atoms with E-state index >= 15 is 0 Å². The molecule has 0 aliphatic rings. The van der Waals surface area contributed by atoms with Crippen molar-refractivity contribution in [3.63, 3.8) is 0 Å². The van der Waals surface area contributed by atoms with Crippen LogP contribution in [-0.2, 0) is 7.05 Å². The normalized spacial score (nSPS) is 10.6. The van der Waals surface area contributed by atoms with Crippen LogP contribution in [0.15, 0.2) is 48.9 Å². The summed E-state index contributed by atoms with van der Waals surface area (Å²) >= 11 is 0. The quantitative estimate of drug-likeness (QED) is 0.725. The zero-order valence-corrected chi connectivity index (χ0v) is 10.4. The fourth-order valence-electron chi connectivity index (χ4n) is 1.96. The van der Waals surface area contributed by atoms with Gasteiger partial charge in [0.1, 0.15) is 0 Å². The number of hydrogen-bond donors (Lipinski definition) is 1. The lowest BCUT2D eigenvalue weighted by atomic mass is 10.0. The Hall–Kier alpha value is -2.69. The van der Waals surface area contributed by atoms with Gasteiger partial charge in [-0.25, -0.2) is 4.98 Å². The Labute approximate surface area is 109 Å². The minimum atomic E-state index is -0.0890. The molecule has 3 rings (SSSR count). The third-order valence-corrected chi connectivity index (χ3v) is 2.96. The number of rotatable bonds is 3. The van der Waals surface area contributed by atoms with Crippen LogP contribution in [0, 0.1) is 0 Å². The minimum Gasteiger partial charge on any atom is -0.331 e. The third kappa shape index (κ3) is 2.06. The van der Waals surface area contributed by atoms with Gasteiger partial charge in [-0.05, 0) is 12.1 Å². The van der Waals surface area contributed by atoms with Gasteiger partial charge < -0.3 is 4.57 Å². The zero-order chi connectivity index (χ0) is 13.2. The number of carbonyl (C=O) groups is 1. The van der Waals surface area contributed by atoms with Gasteiger partial charge in [0.25, 0.3) is 0 Å². The molecular formula is C14H12N4O. The molecular weight excluding hydrogens is 240 g/mol. The van der Waals surface area contributed by atoms with Gasteiger partial charge >= 0.3 is 0 Å². The number of H-pyrrole nitrogens is 1. The van der Waals surface area contributed by atoms with Gasteiger partial charge in [0.15, 0.2) is 5.82 Å². The summed E-state index contributed by atoms with van der Waals surface area (Å²) < 4.78 is 1.71. The number of nitrogens with zero attached hydrogens (tertiary/aromatic N) is 3. The molecule has 0 saturated carbocycles. The molecule has 94 valence electrons. The highest BCUT2D eigenvalue weighted by Gasteiger charge is 2.14. The van der Waals surface area contributed by atoms with Crippen LogP contribution < -0.4 is 0 Å². The fraction of sp³-hybridized carbons (Fsp3) is 0.0714. The molecule has 0 radical (unpaired) electrons. The number of carbonyl (C=O) groups excluding carboxylic acids is 1. The Morgan fingerprint density at radius 1 is 1.26 bits per heavy atom. The molecule has 0 amide bonds. The number of ketones is 1. The van der Waals surface area contributed by atoms with Gasteiger partial charge in [-0.15, -0.1) is 0 Å². The molecule has 2 aromatic heterocycles. The van der Waals surface area contributed by atoms with Gasteiger partial charge in [-0.3, -0.25) is 9.89 Å². The molecule has 0 fully saturated rings. The lowest BCUT2D eigenvalue weighted by Gasteiger charge is -2.03. The lowest BCUT2D eigenvalue weighted by molar-refractivity contribution is 0.102. The van der Waals surface area contributed by atoms with Crippen molar-refractivity contribution in [3.8, 4) is 11.3 Å². The molecule has 0 atom stereocenters. The molecule has 2 heterocycles. The van der Waals surface area contributed by atoms with Gasteiger partial charge in [0, 0.05) is 36.8 Å². The van der Waals surface area contributed by atoms with Crippen molar-refractivity contribution >= 4 is 5.78 Å². The van der Waals surface area contributed by atoms with Crippen LogP contribution in [0.2, 0.25) is 0 Å². The Balaban J connectivity index is 2.01. The zero-order valence-electron chi connectivity index (χ0n) is 10.4. The summed E-state index contributed by atoms with van der Waals surface area (Å²) in [6.07, 6.45) is 5.06.